The number of aliphatic hydroxyl groups is 1. The van der Waals surface area contributed by atoms with E-state index in [2.05, 4.69) is 21.8 Å². The summed E-state index contributed by atoms with van der Waals surface area (Å²) >= 11 is 0. The van der Waals surface area contributed by atoms with Crippen LogP contribution >= 0.6 is 0 Å². The number of ether oxygens (including phenoxy) is 1. The zero-order valence-corrected chi connectivity index (χ0v) is 11.9. The number of fused-ring (bicyclic) bond motifs is 1. The fourth-order valence-corrected chi connectivity index (χ4v) is 2.67. The van der Waals surface area contributed by atoms with Gasteiger partial charge in [-0.3, -0.25) is 9.30 Å². The molecule has 0 saturated carbocycles. The summed E-state index contributed by atoms with van der Waals surface area (Å²) in [6.07, 6.45) is 2.03. The molecule has 1 fully saturated rings. The Kier molecular flexibility index (Phi) is 3.69. The van der Waals surface area contributed by atoms with Crippen molar-refractivity contribution in [1.82, 2.24) is 19.3 Å². The van der Waals surface area contributed by atoms with Crippen LogP contribution in [-0.4, -0.2) is 56.8 Å². The average Bonchev–Trinajstić information content (AvgIpc) is 2.82. The first kappa shape index (κ1) is 13.5. The van der Waals surface area contributed by atoms with Crippen molar-refractivity contribution in [3.63, 3.8) is 0 Å². The first-order valence-corrected chi connectivity index (χ1v) is 6.92. The summed E-state index contributed by atoms with van der Waals surface area (Å²) in [4.78, 5) is 11.2. The molecule has 1 saturated heterocycles. The number of imidazole rings is 1. The second kappa shape index (κ2) is 5.47. The van der Waals surface area contributed by atoms with E-state index in [1.54, 1.807) is 0 Å². The standard InChI is InChI=1S/C14H20N4O2/c1-10-5-11(2)18-7-12(16-14(18)15-10)6-17-3-4-20-9-13(17)8-19/h5,7,13,19H,3-4,6,8-9H2,1-2H3. The number of rotatable bonds is 3. The van der Waals surface area contributed by atoms with E-state index in [9.17, 15) is 5.11 Å². The molecular formula is C14H20N4O2. The van der Waals surface area contributed by atoms with Gasteiger partial charge in [0.15, 0.2) is 0 Å². The van der Waals surface area contributed by atoms with Gasteiger partial charge in [-0.05, 0) is 19.9 Å². The number of nitrogens with zero attached hydrogens (tertiary/aromatic N) is 4. The number of aliphatic hydroxyl groups excluding tert-OH is 1. The van der Waals surface area contributed by atoms with E-state index in [1.165, 1.54) is 0 Å². The molecule has 2 aromatic heterocycles. The van der Waals surface area contributed by atoms with E-state index in [4.69, 9.17) is 4.74 Å². The summed E-state index contributed by atoms with van der Waals surface area (Å²) in [6.45, 7) is 6.98. The lowest BCUT2D eigenvalue weighted by Crippen LogP contribution is -2.46. The molecule has 1 aliphatic heterocycles. The molecule has 3 rings (SSSR count). The number of aromatic nitrogens is 3. The highest BCUT2D eigenvalue weighted by Gasteiger charge is 2.23. The minimum atomic E-state index is 0.0596. The molecule has 0 aromatic carbocycles. The minimum absolute atomic E-state index is 0.0596. The molecular weight excluding hydrogens is 256 g/mol. The quantitative estimate of drug-likeness (QED) is 0.886. The van der Waals surface area contributed by atoms with Crippen molar-refractivity contribution in [2.45, 2.75) is 26.4 Å². The number of hydrogen-bond acceptors (Lipinski definition) is 5. The molecule has 0 radical (unpaired) electrons. The molecule has 0 amide bonds. The maximum absolute atomic E-state index is 9.40. The topological polar surface area (TPSA) is 62.9 Å². The third-order valence-electron chi connectivity index (χ3n) is 3.74. The van der Waals surface area contributed by atoms with Gasteiger partial charge >= 0.3 is 0 Å². The van der Waals surface area contributed by atoms with Crippen LogP contribution in [0.4, 0.5) is 0 Å². The molecule has 108 valence electrons. The zero-order valence-electron chi connectivity index (χ0n) is 11.9. The Morgan fingerprint density at radius 2 is 2.25 bits per heavy atom. The smallest absolute Gasteiger partial charge is 0.234 e. The summed E-state index contributed by atoms with van der Waals surface area (Å²) in [5.41, 5.74) is 3.09. The van der Waals surface area contributed by atoms with Crippen molar-refractivity contribution in [2.75, 3.05) is 26.4 Å². The van der Waals surface area contributed by atoms with Gasteiger partial charge in [0.25, 0.3) is 0 Å². The molecule has 1 unspecified atom stereocenters. The van der Waals surface area contributed by atoms with Gasteiger partial charge in [-0.2, -0.15) is 0 Å². The Morgan fingerprint density at radius 1 is 1.40 bits per heavy atom. The molecule has 20 heavy (non-hydrogen) atoms. The van der Waals surface area contributed by atoms with Crippen LogP contribution in [-0.2, 0) is 11.3 Å². The fourth-order valence-electron chi connectivity index (χ4n) is 2.67. The largest absolute Gasteiger partial charge is 0.395 e. The van der Waals surface area contributed by atoms with Gasteiger partial charge in [-0.1, -0.05) is 0 Å². The molecule has 2 aromatic rings. The molecule has 0 bridgehead atoms. The Balaban J connectivity index is 1.85. The van der Waals surface area contributed by atoms with Crippen LogP contribution in [0.3, 0.4) is 0 Å². The lowest BCUT2D eigenvalue weighted by molar-refractivity contribution is -0.0316. The maximum Gasteiger partial charge on any atom is 0.234 e. The SMILES string of the molecule is Cc1cc(C)n2cc(CN3CCOCC3CO)nc2n1. The normalized spacial score (nSPS) is 20.6. The summed E-state index contributed by atoms with van der Waals surface area (Å²) in [6, 6.07) is 2.10. The maximum atomic E-state index is 9.40. The third kappa shape index (κ3) is 2.54. The zero-order chi connectivity index (χ0) is 14.1. The number of hydrogen-bond donors (Lipinski definition) is 1. The molecule has 0 aliphatic carbocycles. The van der Waals surface area contributed by atoms with E-state index in [0.717, 1.165) is 35.9 Å². The van der Waals surface area contributed by atoms with Crippen LogP contribution in [0.25, 0.3) is 5.78 Å². The van der Waals surface area contributed by atoms with Crippen molar-refractivity contribution in [3.05, 3.63) is 29.3 Å². The molecule has 3 heterocycles. The molecule has 6 heteroatoms. The van der Waals surface area contributed by atoms with Crippen molar-refractivity contribution in [2.24, 2.45) is 0 Å². The Labute approximate surface area is 118 Å². The fraction of sp³-hybridized carbons (Fsp3) is 0.571. The monoisotopic (exact) mass is 276 g/mol. The molecule has 6 nitrogen and oxygen atoms in total. The first-order chi connectivity index (χ1) is 9.67. The number of morpholine rings is 1. The van der Waals surface area contributed by atoms with E-state index < -0.39 is 0 Å². The van der Waals surface area contributed by atoms with E-state index >= 15 is 0 Å². The summed E-state index contributed by atoms with van der Waals surface area (Å²) in [5, 5.41) is 9.40. The van der Waals surface area contributed by atoms with Crippen LogP contribution in [0, 0.1) is 13.8 Å². The van der Waals surface area contributed by atoms with Gasteiger partial charge in [-0.15, -0.1) is 0 Å². The van der Waals surface area contributed by atoms with E-state index in [1.807, 2.05) is 23.6 Å². The van der Waals surface area contributed by atoms with Crippen LogP contribution < -0.4 is 0 Å². The van der Waals surface area contributed by atoms with Gasteiger partial charge in [0, 0.05) is 30.7 Å². The Morgan fingerprint density at radius 3 is 3.05 bits per heavy atom. The first-order valence-electron chi connectivity index (χ1n) is 6.92. The second-order valence-corrected chi connectivity index (χ2v) is 5.32. The van der Waals surface area contributed by atoms with Crippen molar-refractivity contribution in [3.8, 4) is 0 Å². The third-order valence-corrected chi connectivity index (χ3v) is 3.74. The highest BCUT2D eigenvalue weighted by Crippen LogP contribution is 2.14. The van der Waals surface area contributed by atoms with Gasteiger partial charge in [0.1, 0.15) is 0 Å². The van der Waals surface area contributed by atoms with Gasteiger partial charge in [0.05, 0.1) is 31.6 Å². The molecule has 0 spiro atoms. The highest BCUT2D eigenvalue weighted by molar-refractivity contribution is 5.34. The summed E-state index contributed by atoms with van der Waals surface area (Å²) < 4.78 is 7.41. The predicted octanol–water partition coefficient (Wildman–Crippen LogP) is 0.539. The molecule has 1 N–H and O–H groups in total. The highest BCUT2D eigenvalue weighted by atomic mass is 16.5. The molecule has 1 atom stereocenters. The second-order valence-electron chi connectivity index (χ2n) is 5.32. The molecule has 1 aliphatic rings. The predicted molar refractivity (Wildman–Crippen MR) is 74.6 cm³/mol. The van der Waals surface area contributed by atoms with E-state index in [-0.39, 0.29) is 12.6 Å². The average molecular weight is 276 g/mol. The minimum Gasteiger partial charge on any atom is -0.395 e. The number of aryl methyl sites for hydroxylation is 2. The summed E-state index contributed by atoms with van der Waals surface area (Å²) in [7, 11) is 0. The lowest BCUT2D eigenvalue weighted by Gasteiger charge is -2.33. The lowest BCUT2D eigenvalue weighted by atomic mass is 10.2. The summed E-state index contributed by atoms with van der Waals surface area (Å²) in [5.74, 6) is 0.742. The van der Waals surface area contributed by atoms with Crippen molar-refractivity contribution in [1.29, 1.82) is 0 Å². The Hall–Kier alpha value is -1.50. The van der Waals surface area contributed by atoms with Crippen LogP contribution in [0.5, 0.6) is 0 Å². The van der Waals surface area contributed by atoms with E-state index in [0.29, 0.717) is 13.2 Å². The van der Waals surface area contributed by atoms with Crippen LogP contribution in [0.2, 0.25) is 0 Å². The van der Waals surface area contributed by atoms with Crippen LogP contribution in [0.15, 0.2) is 12.3 Å². The van der Waals surface area contributed by atoms with Gasteiger partial charge in [-0.25, -0.2) is 9.97 Å². The van der Waals surface area contributed by atoms with Gasteiger partial charge < -0.3 is 9.84 Å². The van der Waals surface area contributed by atoms with Crippen molar-refractivity contribution >= 4 is 5.78 Å². The van der Waals surface area contributed by atoms with Crippen LogP contribution in [0.1, 0.15) is 17.1 Å². The van der Waals surface area contributed by atoms with Gasteiger partial charge in [0.2, 0.25) is 5.78 Å². The Bertz CT molecular complexity index is 610. The van der Waals surface area contributed by atoms with Crippen molar-refractivity contribution < 1.29 is 9.84 Å².